The van der Waals surface area contributed by atoms with E-state index in [1.807, 2.05) is 6.92 Å². The summed E-state index contributed by atoms with van der Waals surface area (Å²) in [5.74, 6) is -1.67. The Balaban J connectivity index is -0.0000000844. The van der Waals surface area contributed by atoms with Crippen molar-refractivity contribution in [3.05, 3.63) is 0 Å². The van der Waals surface area contributed by atoms with E-state index in [-0.39, 0.29) is 33.7 Å². The van der Waals surface area contributed by atoms with E-state index in [4.69, 9.17) is 34.8 Å². The molecule has 28 heavy (non-hydrogen) atoms. The third-order valence-electron chi connectivity index (χ3n) is 2.23. The molecule has 0 heterocycles. The van der Waals surface area contributed by atoms with Crippen molar-refractivity contribution in [3.8, 4) is 0 Å². The molecule has 4 N–H and O–H groups in total. The monoisotopic (exact) mass is 518 g/mol. The van der Waals surface area contributed by atoms with Crippen LogP contribution in [0.2, 0.25) is 8.87 Å². The van der Waals surface area contributed by atoms with Gasteiger partial charge in [-0.2, -0.15) is 0 Å². The molecule has 2 radical (unpaired) electrons. The fourth-order valence-electron chi connectivity index (χ4n) is 1.52. The first-order valence-electron chi connectivity index (χ1n) is 9.37. The minimum absolute atomic E-state index is 0.149. The SMILES string of the molecule is CC(=O)O.CC(=O)O.CC(O)C[N+](C)(C)C.CCC[CH2][Sn][CH2]CCC.O=CO. The molecule has 0 saturated heterocycles. The van der Waals surface area contributed by atoms with Crippen molar-refractivity contribution >= 4 is 39.6 Å². The Hall–Kier alpha value is -0.871. The summed E-state index contributed by atoms with van der Waals surface area (Å²) in [5.41, 5.74) is 0. The van der Waals surface area contributed by atoms with Crippen LogP contribution in [0.25, 0.3) is 0 Å². The molecular weight excluding hydrogens is 473 g/mol. The fourth-order valence-corrected chi connectivity index (χ4v) is 5.68. The summed E-state index contributed by atoms with van der Waals surface area (Å²) in [6, 6.07) is 0. The number of rotatable bonds is 8. The molecule has 1 atom stereocenters. The van der Waals surface area contributed by atoms with Crippen LogP contribution in [-0.2, 0) is 14.4 Å². The van der Waals surface area contributed by atoms with Gasteiger partial charge in [-0.1, -0.05) is 0 Å². The summed E-state index contributed by atoms with van der Waals surface area (Å²) in [6.45, 7) is 9.13. The number of hydrogen-bond donors (Lipinski definition) is 4. The average Bonchev–Trinajstić information content (AvgIpc) is 2.45. The van der Waals surface area contributed by atoms with Crippen LogP contribution in [0.5, 0.6) is 0 Å². The molecule has 0 fully saturated rings. The van der Waals surface area contributed by atoms with Crippen molar-refractivity contribution in [1.29, 1.82) is 0 Å². The summed E-state index contributed by atoms with van der Waals surface area (Å²) < 4.78 is 4.08. The number of aliphatic carboxylic acids is 2. The van der Waals surface area contributed by atoms with E-state index in [0.717, 1.165) is 24.9 Å². The molecule has 0 aliphatic heterocycles. The van der Waals surface area contributed by atoms with E-state index < -0.39 is 11.9 Å². The van der Waals surface area contributed by atoms with Crippen LogP contribution in [0.3, 0.4) is 0 Å². The summed E-state index contributed by atoms with van der Waals surface area (Å²) >= 11 is 0.149. The van der Waals surface area contributed by atoms with Crippen molar-refractivity contribution in [3.63, 3.8) is 0 Å². The molecule has 0 rings (SSSR count). The Labute approximate surface area is 181 Å². The van der Waals surface area contributed by atoms with Crippen molar-refractivity contribution in [2.75, 3.05) is 27.7 Å². The fraction of sp³-hybridized carbons (Fsp3) is 0.842. The summed E-state index contributed by atoms with van der Waals surface area (Å²) in [5, 5.41) is 30.6. The van der Waals surface area contributed by atoms with E-state index in [1.54, 1.807) is 8.87 Å². The second kappa shape index (κ2) is 30.8. The average molecular weight is 517 g/mol. The number of quaternary nitrogens is 1. The van der Waals surface area contributed by atoms with E-state index in [2.05, 4.69) is 35.0 Å². The quantitative estimate of drug-likeness (QED) is 0.168. The van der Waals surface area contributed by atoms with Crippen LogP contribution in [0, 0.1) is 0 Å². The number of hydrogen-bond acceptors (Lipinski definition) is 4. The third kappa shape index (κ3) is 143. The van der Waals surface area contributed by atoms with Crippen LogP contribution in [0.1, 0.15) is 60.3 Å². The van der Waals surface area contributed by atoms with Crippen molar-refractivity contribution in [1.82, 2.24) is 0 Å². The van der Waals surface area contributed by atoms with Crippen LogP contribution in [0.4, 0.5) is 0 Å². The number of unbranched alkanes of at least 4 members (excludes halogenated alkanes) is 2. The van der Waals surface area contributed by atoms with Gasteiger partial charge in [-0.25, -0.2) is 0 Å². The molecule has 0 aromatic rings. The zero-order valence-electron chi connectivity index (χ0n) is 19.1. The Morgan fingerprint density at radius 3 is 1.32 bits per heavy atom. The zero-order chi connectivity index (χ0) is 23.6. The van der Waals surface area contributed by atoms with Gasteiger partial charge in [0, 0.05) is 13.8 Å². The molecule has 0 aromatic heterocycles. The molecule has 0 bridgehead atoms. The van der Waals surface area contributed by atoms with Gasteiger partial charge >= 0.3 is 69.5 Å². The maximum absolute atomic E-state index is 9.00. The molecule has 0 aliphatic rings. The second-order valence-corrected chi connectivity index (χ2v) is 11.2. The van der Waals surface area contributed by atoms with Gasteiger partial charge in [-0.05, 0) is 6.92 Å². The Bertz CT molecular complexity index is 307. The van der Waals surface area contributed by atoms with E-state index in [1.165, 1.54) is 25.7 Å². The number of aliphatic hydroxyl groups excluding tert-OH is 1. The summed E-state index contributed by atoms with van der Waals surface area (Å²) in [7, 11) is 6.19. The molecular formula is C19H44NO7Sn+. The van der Waals surface area contributed by atoms with Gasteiger partial charge in [0.1, 0.15) is 12.6 Å². The first kappa shape index (κ1) is 37.8. The number of carboxylic acids is 2. The molecule has 170 valence electrons. The third-order valence-corrected chi connectivity index (χ3v) is 6.26. The zero-order valence-corrected chi connectivity index (χ0v) is 21.9. The predicted molar refractivity (Wildman–Crippen MR) is 115 cm³/mol. The molecule has 9 heteroatoms. The van der Waals surface area contributed by atoms with Crippen LogP contribution in [-0.4, -0.2) is 98.3 Å². The maximum atomic E-state index is 9.00. The van der Waals surface area contributed by atoms with E-state index in [0.29, 0.717) is 0 Å². The normalized spacial score (nSPS) is 10.0. The molecule has 0 aliphatic carbocycles. The first-order valence-corrected chi connectivity index (χ1v) is 13.4. The molecule has 0 spiro atoms. The Morgan fingerprint density at radius 2 is 1.21 bits per heavy atom. The van der Waals surface area contributed by atoms with Gasteiger partial charge in [-0.3, -0.25) is 14.4 Å². The van der Waals surface area contributed by atoms with E-state index >= 15 is 0 Å². The predicted octanol–water partition coefficient (Wildman–Crippen LogP) is 3.08. The standard InChI is InChI=1S/C6H16NO.2C4H9.2C2H4O2.CH2O2.Sn/c1-6(8)5-7(2,3)4;2*1-3-4-2;2*1-2(3)4;2-1-3;/h6,8H,5H2,1-4H3;2*1,3-4H2,2H3;2*1H3,(H,3,4);1H,(H,2,3);/q+1;;;;;;. The minimum Gasteiger partial charge on any atom is -0.483 e. The minimum atomic E-state index is -0.833. The topological polar surface area (TPSA) is 132 Å². The van der Waals surface area contributed by atoms with Crippen molar-refractivity contribution in [2.24, 2.45) is 0 Å². The van der Waals surface area contributed by atoms with Crippen molar-refractivity contribution in [2.45, 2.75) is 75.3 Å². The number of carbonyl (C=O) groups is 3. The Morgan fingerprint density at radius 1 is 0.964 bits per heavy atom. The second-order valence-electron chi connectivity index (χ2n) is 6.92. The van der Waals surface area contributed by atoms with Gasteiger partial charge in [0.15, 0.2) is 0 Å². The van der Waals surface area contributed by atoms with E-state index in [9.17, 15) is 0 Å². The van der Waals surface area contributed by atoms with Gasteiger partial charge in [0.05, 0.1) is 21.1 Å². The summed E-state index contributed by atoms with van der Waals surface area (Å²) in [4.78, 5) is 26.4. The van der Waals surface area contributed by atoms with Gasteiger partial charge < -0.3 is 24.9 Å². The number of likely N-dealkylation sites (N-methyl/N-ethyl adjacent to an activating group) is 1. The summed E-state index contributed by atoms with van der Waals surface area (Å²) in [6.07, 6.45) is 5.65. The van der Waals surface area contributed by atoms with Crippen molar-refractivity contribution < 1.29 is 39.3 Å². The van der Waals surface area contributed by atoms with Crippen LogP contribution < -0.4 is 0 Å². The molecule has 0 saturated carbocycles. The van der Waals surface area contributed by atoms with Crippen LogP contribution >= 0.6 is 0 Å². The molecule has 8 nitrogen and oxygen atoms in total. The van der Waals surface area contributed by atoms with Gasteiger partial charge in [0.25, 0.3) is 18.4 Å². The smallest absolute Gasteiger partial charge is 0.290 e. The molecule has 0 aromatic carbocycles. The molecule has 0 amide bonds. The van der Waals surface area contributed by atoms with Gasteiger partial charge in [-0.15, -0.1) is 0 Å². The number of aliphatic hydroxyl groups is 1. The van der Waals surface area contributed by atoms with Crippen LogP contribution in [0.15, 0.2) is 0 Å². The maximum Gasteiger partial charge on any atom is 0.290 e. The first-order chi connectivity index (χ1) is 12.7. The molecule has 1 unspecified atom stereocenters. The van der Waals surface area contributed by atoms with Gasteiger partial charge in [0.2, 0.25) is 0 Å². The largest absolute Gasteiger partial charge is 0.483 e. The Kier molecular flexibility index (Phi) is 41.7. The number of carboxylic acid groups (broad SMARTS) is 3. The number of nitrogens with zero attached hydrogens (tertiary/aromatic N) is 1.